The number of hydrogen-bond donors (Lipinski definition) is 0. The van der Waals surface area contributed by atoms with Crippen LogP contribution in [0.3, 0.4) is 0 Å². The summed E-state index contributed by atoms with van der Waals surface area (Å²) < 4.78 is 22.9. The van der Waals surface area contributed by atoms with E-state index in [2.05, 4.69) is 31.9 Å². The standard InChI is InChI=1S/C4HBr2ClO2S2/c5-2-1-3(6)10-4(2)11(7,8)9/h1H. The summed E-state index contributed by atoms with van der Waals surface area (Å²) in [5, 5.41) is 0. The third-order valence-electron chi connectivity index (χ3n) is 0.847. The van der Waals surface area contributed by atoms with Gasteiger partial charge in [0.2, 0.25) is 0 Å². The Morgan fingerprint density at radius 2 is 2.00 bits per heavy atom. The van der Waals surface area contributed by atoms with Gasteiger partial charge in [-0.05, 0) is 37.9 Å². The Hall–Kier alpha value is 0.900. The van der Waals surface area contributed by atoms with Crippen LogP contribution in [0.15, 0.2) is 18.5 Å². The molecular weight excluding hydrogens is 339 g/mol. The van der Waals surface area contributed by atoms with Crippen molar-refractivity contribution in [3.8, 4) is 0 Å². The quantitative estimate of drug-likeness (QED) is 0.736. The molecule has 0 amide bonds. The van der Waals surface area contributed by atoms with Gasteiger partial charge < -0.3 is 0 Å². The maximum atomic E-state index is 10.8. The van der Waals surface area contributed by atoms with Gasteiger partial charge in [-0.15, -0.1) is 11.3 Å². The van der Waals surface area contributed by atoms with Crippen LogP contribution in [0, 0.1) is 0 Å². The van der Waals surface area contributed by atoms with E-state index < -0.39 is 9.05 Å². The predicted molar refractivity (Wildman–Crippen MR) is 52.8 cm³/mol. The van der Waals surface area contributed by atoms with Gasteiger partial charge in [-0.1, -0.05) is 0 Å². The molecule has 0 radical (unpaired) electrons. The Morgan fingerprint density at radius 1 is 1.45 bits per heavy atom. The molecule has 0 aromatic carbocycles. The molecule has 1 heterocycles. The van der Waals surface area contributed by atoms with Gasteiger partial charge in [0.1, 0.15) is 0 Å². The SMILES string of the molecule is O=S(=O)(Cl)c1sc(Br)cc1Br. The first-order chi connectivity index (χ1) is 4.91. The Kier molecular flexibility index (Phi) is 3.03. The van der Waals surface area contributed by atoms with Crippen molar-refractivity contribution in [1.29, 1.82) is 0 Å². The third kappa shape index (κ3) is 2.42. The highest BCUT2D eigenvalue weighted by molar-refractivity contribution is 9.11. The van der Waals surface area contributed by atoms with Gasteiger partial charge in [-0.3, -0.25) is 0 Å². The van der Waals surface area contributed by atoms with E-state index in [0.29, 0.717) is 4.47 Å². The zero-order valence-electron chi connectivity index (χ0n) is 4.84. The van der Waals surface area contributed by atoms with E-state index in [-0.39, 0.29) is 4.21 Å². The smallest absolute Gasteiger partial charge is 0.206 e. The summed E-state index contributed by atoms with van der Waals surface area (Å²) >= 11 is 7.28. The highest BCUT2D eigenvalue weighted by atomic mass is 79.9. The summed E-state index contributed by atoms with van der Waals surface area (Å²) in [6, 6.07) is 1.64. The molecule has 1 rings (SSSR count). The van der Waals surface area contributed by atoms with Crippen LogP contribution in [0.1, 0.15) is 0 Å². The second kappa shape index (κ2) is 3.33. The first-order valence-corrected chi connectivity index (χ1v) is 7.02. The van der Waals surface area contributed by atoms with Crippen LogP contribution < -0.4 is 0 Å². The number of hydrogen-bond acceptors (Lipinski definition) is 3. The van der Waals surface area contributed by atoms with Crippen molar-refractivity contribution in [2.45, 2.75) is 4.21 Å². The van der Waals surface area contributed by atoms with E-state index in [1.807, 2.05) is 0 Å². The Labute approximate surface area is 89.2 Å². The Morgan fingerprint density at radius 3 is 2.18 bits per heavy atom. The van der Waals surface area contributed by atoms with E-state index >= 15 is 0 Å². The maximum Gasteiger partial charge on any atom is 0.271 e. The van der Waals surface area contributed by atoms with Crippen molar-refractivity contribution in [3.63, 3.8) is 0 Å². The van der Waals surface area contributed by atoms with E-state index in [9.17, 15) is 8.42 Å². The predicted octanol–water partition coefficient (Wildman–Crippen LogP) is 3.20. The van der Waals surface area contributed by atoms with Crippen LogP contribution in [0.4, 0.5) is 0 Å². The fourth-order valence-electron chi connectivity index (χ4n) is 0.492. The van der Waals surface area contributed by atoms with Crippen molar-refractivity contribution in [3.05, 3.63) is 14.3 Å². The molecule has 11 heavy (non-hydrogen) atoms. The van der Waals surface area contributed by atoms with Gasteiger partial charge in [-0.2, -0.15) is 0 Å². The lowest BCUT2D eigenvalue weighted by Crippen LogP contribution is -1.85. The minimum absolute atomic E-state index is 0.131. The fraction of sp³-hybridized carbons (Fsp3) is 0. The van der Waals surface area contributed by atoms with Crippen LogP contribution in [-0.2, 0) is 9.05 Å². The minimum Gasteiger partial charge on any atom is -0.206 e. The molecule has 7 heteroatoms. The second-order valence-electron chi connectivity index (χ2n) is 1.62. The van der Waals surface area contributed by atoms with Crippen molar-refractivity contribution in [1.82, 2.24) is 0 Å². The molecule has 0 spiro atoms. The van der Waals surface area contributed by atoms with Gasteiger partial charge in [0, 0.05) is 15.2 Å². The fourth-order valence-corrected chi connectivity index (χ4v) is 5.38. The topological polar surface area (TPSA) is 34.1 Å². The lowest BCUT2D eigenvalue weighted by Gasteiger charge is -1.87. The molecular formula is C4HBr2ClO2S2. The molecule has 0 bridgehead atoms. The minimum atomic E-state index is -3.60. The van der Waals surface area contributed by atoms with Crippen LogP contribution in [0.5, 0.6) is 0 Å². The molecule has 0 unspecified atom stereocenters. The average molecular weight is 340 g/mol. The summed E-state index contributed by atoms with van der Waals surface area (Å²) in [6.45, 7) is 0. The highest BCUT2D eigenvalue weighted by Gasteiger charge is 2.17. The Bertz CT molecular complexity index is 369. The molecule has 62 valence electrons. The van der Waals surface area contributed by atoms with Crippen molar-refractivity contribution < 1.29 is 8.42 Å². The zero-order valence-corrected chi connectivity index (χ0v) is 10.4. The molecule has 0 N–H and O–H groups in total. The summed E-state index contributed by atoms with van der Waals surface area (Å²) in [6.07, 6.45) is 0. The van der Waals surface area contributed by atoms with Crippen LogP contribution in [0.25, 0.3) is 0 Å². The lowest BCUT2D eigenvalue weighted by atomic mass is 10.7. The molecule has 0 saturated heterocycles. The first-order valence-electron chi connectivity index (χ1n) is 2.31. The molecule has 0 fully saturated rings. The number of thiophene rings is 1. The molecule has 0 aliphatic rings. The normalized spacial score (nSPS) is 11.9. The van der Waals surface area contributed by atoms with Gasteiger partial charge in [0.25, 0.3) is 9.05 Å². The average Bonchev–Trinajstić information content (AvgIpc) is 2.08. The molecule has 1 aromatic heterocycles. The van der Waals surface area contributed by atoms with E-state index in [4.69, 9.17) is 10.7 Å². The van der Waals surface area contributed by atoms with E-state index in [1.54, 1.807) is 6.07 Å². The second-order valence-corrected chi connectivity index (χ2v) is 7.67. The van der Waals surface area contributed by atoms with Crippen LogP contribution >= 0.6 is 53.9 Å². The largest absolute Gasteiger partial charge is 0.271 e. The van der Waals surface area contributed by atoms with Gasteiger partial charge in [0.15, 0.2) is 4.21 Å². The summed E-state index contributed by atoms with van der Waals surface area (Å²) in [5.41, 5.74) is 0. The molecule has 2 nitrogen and oxygen atoms in total. The van der Waals surface area contributed by atoms with Crippen LogP contribution in [0.2, 0.25) is 0 Å². The molecule has 1 aromatic rings. The molecule has 0 saturated carbocycles. The third-order valence-corrected chi connectivity index (χ3v) is 5.74. The Balaban J connectivity index is 3.36. The van der Waals surface area contributed by atoms with Crippen molar-refractivity contribution in [2.24, 2.45) is 0 Å². The lowest BCUT2D eigenvalue weighted by molar-refractivity contribution is 0.611. The highest BCUT2D eigenvalue weighted by Crippen LogP contribution is 2.36. The van der Waals surface area contributed by atoms with Gasteiger partial charge in [-0.25, -0.2) is 8.42 Å². The van der Waals surface area contributed by atoms with E-state index in [1.165, 1.54) is 0 Å². The summed E-state index contributed by atoms with van der Waals surface area (Å²) in [5.74, 6) is 0. The number of rotatable bonds is 1. The zero-order chi connectivity index (χ0) is 8.65. The van der Waals surface area contributed by atoms with Gasteiger partial charge in [0.05, 0.1) is 3.79 Å². The molecule has 0 aliphatic heterocycles. The first kappa shape index (κ1) is 9.98. The summed E-state index contributed by atoms with van der Waals surface area (Å²) in [4.78, 5) is 0. The number of halogens is 3. The van der Waals surface area contributed by atoms with Crippen LogP contribution in [-0.4, -0.2) is 8.42 Å². The summed E-state index contributed by atoms with van der Waals surface area (Å²) in [7, 11) is 1.51. The van der Waals surface area contributed by atoms with Crippen molar-refractivity contribution >= 4 is 62.9 Å². The van der Waals surface area contributed by atoms with Crippen molar-refractivity contribution in [2.75, 3.05) is 0 Å². The molecule has 0 atom stereocenters. The monoisotopic (exact) mass is 338 g/mol. The van der Waals surface area contributed by atoms with Gasteiger partial charge >= 0.3 is 0 Å². The molecule has 0 aliphatic carbocycles. The maximum absolute atomic E-state index is 10.8. The van der Waals surface area contributed by atoms with E-state index in [0.717, 1.165) is 15.1 Å².